The number of H-pyrrole nitrogens is 1. The van der Waals surface area contributed by atoms with E-state index < -0.39 is 0 Å². The number of benzene rings is 3. The first-order chi connectivity index (χ1) is 15.9. The molecule has 168 valence electrons. The summed E-state index contributed by atoms with van der Waals surface area (Å²) >= 11 is 4.96. The Morgan fingerprint density at radius 2 is 1.58 bits per heavy atom. The van der Waals surface area contributed by atoms with Crippen molar-refractivity contribution in [1.82, 2.24) is 9.97 Å². The smallest absolute Gasteiger partial charge is 0.237 e. The molecule has 1 atom stereocenters. The van der Waals surface area contributed by atoms with E-state index in [0.717, 1.165) is 37.8 Å². The summed E-state index contributed by atoms with van der Waals surface area (Å²) in [6, 6.07) is 24.4. The van der Waals surface area contributed by atoms with Crippen molar-refractivity contribution in [3.63, 3.8) is 0 Å². The lowest BCUT2D eigenvalue weighted by atomic mass is 10.0. The van der Waals surface area contributed by atoms with Gasteiger partial charge in [-0.15, -0.1) is 0 Å². The molecule has 4 nitrogen and oxygen atoms in total. The number of thioether (sulfide) groups is 1. The molecule has 3 aromatic carbocycles. The number of aryl methyl sites for hydroxylation is 2. The predicted octanol–water partition coefficient (Wildman–Crippen LogP) is 7.63. The number of imidazole rings is 1. The Bertz CT molecular complexity index is 1190. The summed E-state index contributed by atoms with van der Waals surface area (Å²) in [5.74, 6) is -0.0421. The Morgan fingerprint density at radius 1 is 0.970 bits per heavy atom. The molecule has 1 heterocycles. The molecule has 2 N–H and O–H groups in total. The summed E-state index contributed by atoms with van der Waals surface area (Å²) in [5.41, 5.74) is 7.15. The first kappa shape index (κ1) is 23.3. The Kier molecular flexibility index (Phi) is 7.36. The number of carbonyl (C=O) groups excluding carboxylic acids is 1. The van der Waals surface area contributed by atoms with Gasteiger partial charge in [-0.2, -0.15) is 0 Å². The fourth-order valence-electron chi connectivity index (χ4n) is 3.49. The SMILES string of the molecule is CCC(Sc1nc(-c2ccc(C)cc2)c(-c2ccc(C)cc2)[nH]1)C(=O)Nc1ccccc1Br. The summed E-state index contributed by atoms with van der Waals surface area (Å²) in [6.07, 6.45) is 0.682. The average molecular weight is 520 g/mol. The predicted molar refractivity (Wildman–Crippen MR) is 142 cm³/mol. The topological polar surface area (TPSA) is 57.8 Å². The first-order valence-electron chi connectivity index (χ1n) is 10.9. The van der Waals surface area contributed by atoms with Crippen LogP contribution in [0.25, 0.3) is 22.5 Å². The van der Waals surface area contributed by atoms with Crippen LogP contribution in [0.4, 0.5) is 5.69 Å². The van der Waals surface area contributed by atoms with Gasteiger partial charge in [0.1, 0.15) is 0 Å². The molecule has 0 bridgehead atoms. The van der Waals surface area contributed by atoms with Gasteiger partial charge in [-0.3, -0.25) is 4.79 Å². The fourth-order valence-corrected chi connectivity index (χ4v) is 4.78. The zero-order valence-electron chi connectivity index (χ0n) is 18.9. The minimum Gasteiger partial charge on any atom is -0.332 e. The number of carbonyl (C=O) groups is 1. The lowest BCUT2D eigenvalue weighted by molar-refractivity contribution is -0.115. The van der Waals surface area contributed by atoms with E-state index in [1.807, 2.05) is 31.2 Å². The third kappa shape index (κ3) is 5.57. The maximum atomic E-state index is 13.0. The van der Waals surface area contributed by atoms with Gasteiger partial charge in [-0.25, -0.2) is 4.98 Å². The van der Waals surface area contributed by atoms with Gasteiger partial charge in [-0.05, 0) is 48.3 Å². The van der Waals surface area contributed by atoms with Crippen molar-refractivity contribution >= 4 is 39.3 Å². The van der Waals surface area contributed by atoms with Crippen molar-refractivity contribution in [2.24, 2.45) is 0 Å². The number of halogens is 1. The number of rotatable bonds is 7. The summed E-state index contributed by atoms with van der Waals surface area (Å²) < 4.78 is 0.861. The van der Waals surface area contributed by atoms with E-state index >= 15 is 0 Å². The largest absolute Gasteiger partial charge is 0.332 e. The van der Waals surface area contributed by atoms with Crippen LogP contribution in [0.1, 0.15) is 24.5 Å². The molecule has 6 heteroatoms. The average Bonchev–Trinajstić information content (AvgIpc) is 3.23. The van der Waals surface area contributed by atoms with Gasteiger partial charge in [0, 0.05) is 15.6 Å². The first-order valence-corrected chi connectivity index (χ1v) is 12.6. The molecule has 1 aromatic heterocycles. The second-order valence-corrected chi connectivity index (χ2v) is 10.0. The molecule has 1 unspecified atom stereocenters. The summed E-state index contributed by atoms with van der Waals surface area (Å²) in [4.78, 5) is 21.4. The van der Waals surface area contributed by atoms with Crippen molar-refractivity contribution in [3.05, 3.63) is 88.4 Å². The van der Waals surface area contributed by atoms with Crippen molar-refractivity contribution in [1.29, 1.82) is 0 Å². The molecule has 0 aliphatic heterocycles. The summed E-state index contributed by atoms with van der Waals surface area (Å²) in [6.45, 7) is 6.17. The quantitative estimate of drug-likeness (QED) is 0.246. The van der Waals surface area contributed by atoms with Gasteiger partial charge in [0.25, 0.3) is 0 Å². The van der Waals surface area contributed by atoms with Gasteiger partial charge in [0.15, 0.2) is 5.16 Å². The third-order valence-corrected chi connectivity index (χ3v) is 7.34. The number of para-hydroxylation sites is 1. The van der Waals surface area contributed by atoms with E-state index in [-0.39, 0.29) is 11.2 Å². The molecule has 0 aliphatic rings. The van der Waals surface area contributed by atoms with Gasteiger partial charge in [0.2, 0.25) is 5.91 Å². The molecule has 0 radical (unpaired) electrons. The van der Waals surface area contributed by atoms with E-state index in [1.165, 1.54) is 22.9 Å². The second-order valence-electron chi connectivity index (χ2n) is 7.98. The number of amides is 1. The zero-order valence-corrected chi connectivity index (χ0v) is 21.3. The molecule has 0 saturated carbocycles. The van der Waals surface area contributed by atoms with Crippen molar-refractivity contribution < 1.29 is 4.79 Å². The molecule has 1 amide bonds. The van der Waals surface area contributed by atoms with Crippen LogP contribution in [0.3, 0.4) is 0 Å². The van der Waals surface area contributed by atoms with Crippen molar-refractivity contribution in [3.8, 4) is 22.5 Å². The maximum Gasteiger partial charge on any atom is 0.237 e. The normalized spacial score (nSPS) is 11.9. The zero-order chi connectivity index (χ0) is 23.4. The number of hydrogen-bond acceptors (Lipinski definition) is 3. The van der Waals surface area contributed by atoms with Crippen LogP contribution < -0.4 is 5.32 Å². The van der Waals surface area contributed by atoms with Crippen LogP contribution in [0.15, 0.2) is 82.4 Å². The minimum absolute atomic E-state index is 0.0421. The monoisotopic (exact) mass is 519 g/mol. The number of nitrogens with zero attached hydrogens (tertiary/aromatic N) is 1. The molecule has 33 heavy (non-hydrogen) atoms. The van der Waals surface area contributed by atoms with E-state index in [4.69, 9.17) is 4.98 Å². The van der Waals surface area contributed by atoms with Gasteiger partial charge in [-0.1, -0.05) is 90.5 Å². The molecule has 4 aromatic rings. The summed E-state index contributed by atoms with van der Waals surface area (Å²) in [7, 11) is 0. The second kappa shape index (κ2) is 10.4. The highest BCUT2D eigenvalue weighted by molar-refractivity contribution is 9.10. The van der Waals surface area contributed by atoms with Crippen molar-refractivity contribution in [2.75, 3.05) is 5.32 Å². The number of hydrogen-bond donors (Lipinski definition) is 2. The lowest BCUT2D eigenvalue weighted by Crippen LogP contribution is -2.24. The molecule has 0 fully saturated rings. The lowest BCUT2D eigenvalue weighted by Gasteiger charge is -2.14. The van der Waals surface area contributed by atoms with Crippen LogP contribution in [-0.4, -0.2) is 21.1 Å². The standard InChI is InChI=1S/C27H26BrN3OS/c1-4-23(26(32)29-22-8-6-5-7-21(22)28)33-27-30-24(19-13-9-17(2)10-14-19)25(31-27)20-15-11-18(3)12-16-20/h5-16,23H,4H2,1-3H3,(H,29,32)(H,30,31). The van der Waals surface area contributed by atoms with E-state index in [2.05, 4.69) is 88.6 Å². The highest BCUT2D eigenvalue weighted by atomic mass is 79.9. The Balaban J connectivity index is 1.64. The van der Waals surface area contributed by atoms with E-state index in [9.17, 15) is 4.79 Å². The molecule has 0 spiro atoms. The van der Waals surface area contributed by atoms with Crippen LogP contribution in [-0.2, 0) is 4.79 Å². The fraction of sp³-hybridized carbons (Fsp3) is 0.185. The number of nitrogens with one attached hydrogen (secondary N) is 2. The minimum atomic E-state index is -0.278. The Hall–Kier alpha value is -2.83. The molecule has 0 saturated heterocycles. The van der Waals surface area contributed by atoms with Crippen LogP contribution in [0, 0.1) is 13.8 Å². The number of aromatic nitrogens is 2. The van der Waals surface area contributed by atoms with E-state index in [1.54, 1.807) is 0 Å². The third-order valence-electron chi connectivity index (χ3n) is 5.40. The highest BCUT2D eigenvalue weighted by Crippen LogP contribution is 2.35. The maximum absolute atomic E-state index is 13.0. The highest BCUT2D eigenvalue weighted by Gasteiger charge is 2.22. The Labute approximate surface area is 207 Å². The van der Waals surface area contributed by atoms with Gasteiger partial charge < -0.3 is 10.3 Å². The van der Waals surface area contributed by atoms with Crippen LogP contribution in [0.5, 0.6) is 0 Å². The van der Waals surface area contributed by atoms with Gasteiger partial charge >= 0.3 is 0 Å². The van der Waals surface area contributed by atoms with Crippen LogP contribution in [0.2, 0.25) is 0 Å². The number of anilines is 1. The molecule has 4 rings (SSSR count). The van der Waals surface area contributed by atoms with E-state index in [0.29, 0.717) is 6.42 Å². The van der Waals surface area contributed by atoms with Crippen molar-refractivity contribution in [2.45, 2.75) is 37.6 Å². The van der Waals surface area contributed by atoms with Crippen LogP contribution >= 0.6 is 27.7 Å². The van der Waals surface area contributed by atoms with Gasteiger partial charge in [0.05, 0.1) is 22.3 Å². The number of aromatic amines is 1. The Morgan fingerprint density at radius 3 is 2.18 bits per heavy atom. The molecular weight excluding hydrogens is 494 g/mol. The molecular formula is C27H26BrN3OS. The summed E-state index contributed by atoms with van der Waals surface area (Å²) in [5, 5.41) is 3.48. The molecule has 0 aliphatic carbocycles.